The molecule has 114 valence electrons. The van der Waals surface area contributed by atoms with Crippen molar-refractivity contribution in [3.05, 3.63) is 0 Å². The van der Waals surface area contributed by atoms with E-state index in [0.29, 0.717) is 11.8 Å². The van der Waals surface area contributed by atoms with Gasteiger partial charge in [0, 0.05) is 6.54 Å². The van der Waals surface area contributed by atoms with Crippen molar-refractivity contribution >= 4 is 11.9 Å². The molecule has 1 amide bonds. The Balaban J connectivity index is 1.83. The third-order valence-corrected chi connectivity index (χ3v) is 4.58. The minimum Gasteiger partial charge on any atom is -0.468 e. The number of hydrogen-bond acceptors (Lipinski definition) is 4. The summed E-state index contributed by atoms with van der Waals surface area (Å²) in [5.41, 5.74) is -0.668. The summed E-state index contributed by atoms with van der Waals surface area (Å²) in [5.74, 6) is 1.04. The fraction of sp³-hybridized carbons (Fsp3) is 0.867. The fourth-order valence-corrected chi connectivity index (χ4v) is 2.80. The highest BCUT2D eigenvalue weighted by Crippen LogP contribution is 2.32. The average molecular weight is 282 g/mol. The lowest BCUT2D eigenvalue weighted by atomic mass is 9.77. The second-order valence-corrected chi connectivity index (χ2v) is 6.36. The SMILES string of the molecule is COC(=O)C1(NCC(=O)NCC2CC2)CCC(C)CC1. The Hall–Kier alpha value is -1.10. The molecule has 5 heteroatoms. The van der Waals surface area contributed by atoms with Crippen LogP contribution in [0.2, 0.25) is 0 Å². The molecule has 0 saturated heterocycles. The van der Waals surface area contributed by atoms with Gasteiger partial charge in [0.05, 0.1) is 13.7 Å². The highest BCUT2D eigenvalue weighted by atomic mass is 16.5. The van der Waals surface area contributed by atoms with Crippen molar-refractivity contribution in [2.75, 3.05) is 20.2 Å². The van der Waals surface area contributed by atoms with Crippen molar-refractivity contribution in [3.63, 3.8) is 0 Å². The molecule has 2 N–H and O–H groups in total. The van der Waals surface area contributed by atoms with Gasteiger partial charge in [-0.05, 0) is 50.4 Å². The summed E-state index contributed by atoms with van der Waals surface area (Å²) < 4.78 is 4.94. The Morgan fingerprint density at radius 2 is 1.85 bits per heavy atom. The molecule has 2 aliphatic carbocycles. The monoisotopic (exact) mass is 282 g/mol. The number of carbonyl (C=O) groups is 2. The summed E-state index contributed by atoms with van der Waals surface area (Å²) >= 11 is 0. The molecule has 0 unspecified atom stereocenters. The third-order valence-electron chi connectivity index (χ3n) is 4.58. The van der Waals surface area contributed by atoms with Crippen LogP contribution in [0.3, 0.4) is 0 Å². The van der Waals surface area contributed by atoms with Crippen LogP contribution < -0.4 is 10.6 Å². The number of ether oxygens (including phenoxy) is 1. The minimum atomic E-state index is -0.668. The van der Waals surface area contributed by atoms with Crippen LogP contribution in [0.5, 0.6) is 0 Å². The van der Waals surface area contributed by atoms with Gasteiger partial charge in [-0.2, -0.15) is 0 Å². The van der Waals surface area contributed by atoms with E-state index in [1.54, 1.807) is 0 Å². The highest BCUT2D eigenvalue weighted by molar-refractivity contribution is 5.83. The van der Waals surface area contributed by atoms with E-state index in [1.807, 2.05) is 0 Å². The van der Waals surface area contributed by atoms with Gasteiger partial charge in [-0.15, -0.1) is 0 Å². The summed E-state index contributed by atoms with van der Waals surface area (Å²) in [5, 5.41) is 6.08. The molecule has 0 aromatic heterocycles. The molecule has 2 aliphatic rings. The summed E-state index contributed by atoms with van der Waals surface area (Å²) in [7, 11) is 1.41. The van der Waals surface area contributed by atoms with E-state index >= 15 is 0 Å². The van der Waals surface area contributed by atoms with E-state index in [2.05, 4.69) is 17.6 Å². The quantitative estimate of drug-likeness (QED) is 0.719. The maximum atomic E-state index is 12.1. The van der Waals surface area contributed by atoms with Crippen LogP contribution in [0.15, 0.2) is 0 Å². The maximum absolute atomic E-state index is 12.1. The normalized spacial score (nSPS) is 29.8. The molecule has 0 heterocycles. The lowest BCUT2D eigenvalue weighted by Gasteiger charge is -2.37. The molecule has 2 rings (SSSR count). The summed E-state index contributed by atoms with van der Waals surface area (Å²) in [6, 6.07) is 0. The fourth-order valence-electron chi connectivity index (χ4n) is 2.80. The zero-order valence-electron chi connectivity index (χ0n) is 12.5. The molecule has 0 aliphatic heterocycles. The molecule has 0 radical (unpaired) electrons. The molecule has 2 saturated carbocycles. The predicted molar refractivity (Wildman–Crippen MR) is 76.1 cm³/mol. The first-order valence-corrected chi connectivity index (χ1v) is 7.66. The first-order valence-electron chi connectivity index (χ1n) is 7.66. The summed E-state index contributed by atoms with van der Waals surface area (Å²) in [6.07, 6.45) is 5.92. The Bertz CT molecular complexity index is 358. The van der Waals surface area contributed by atoms with Crippen LogP contribution in [0.25, 0.3) is 0 Å². The maximum Gasteiger partial charge on any atom is 0.326 e. The molecule has 0 spiro atoms. The number of amides is 1. The van der Waals surface area contributed by atoms with Gasteiger partial charge >= 0.3 is 5.97 Å². The zero-order valence-corrected chi connectivity index (χ0v) is 12.5. The second-order valence-electron chi connectivity index (χ2n) is 6.36. The third kappa shape index (κ3) is 3.95. The van der Waals surface area contributed by atoms with Gasteiger partial charge in [-0.1, -0.05) is 6.92 Å². The summed E-state index contributed by atoms with van der Waals surface area (Å²) in [4.78, 5) is 23.9. The van der Waals surface area contributed by atoms with E-state index in [1.165, 1.54) is 20.0 Å². The van der Waals surface area contributed by atoms with Crippen LogP contribution in [0.4, 0.5) is 0 Å². The number of rotatable bonds is 6. The topological polar surface area (TPSA) is 67.4 Å². The Kier molecular flexibility index (Phi) is 5.02. The Morgan fingerprint density at radius 1 is 1.20 bits per heavy atom. The van der Waals surface area contributed by atoms with Gasteiger partial charge < -0.3 is 10.1 Å². The average Bonchev–Trinajstić information content (AvgIpc) is 3.28. The van der Waals surface area contributed by atoms with Crippen LogP contribution in [-0.4, -0.2) is 37.6 Å². The first-order chi connectivity index (χ1) is 9.55. The van der Waals surface area contributed by atoms with Crippen molar-refractivity contribution in [1.82, 2.24) is 10.6 Å². The summed E-state index contributed by atoms with van der Waals surface area (Å²) in [6.45, 7) is 3.16. The first kappa shape index (κ1) is 15.3. The lowest BCUT2D eigenvalue weighted by Crippen LogP contribution is -2.57. The van der Waals surface area contributed by atoms with Gasteiger partial charge in [0.15, 0.2) is 0 Å². The van der Waals surface area contributed by atoms with Crippen molar-refractivity contribution in [2.45, 2.75) is 51.0 Å². The highest BCUT2D eigenvalue weighted by Gasteiger charge is 2.42. The smallest absolute Gasteiger partial charge is 0.326 e. The molecule has 0 bridgehead atoms. The molecule has 5 nitrogen and oxygen atoms in total. The molecular weight excluding hydrogens is 256 g/mol. The minimum absolute atomic E-state index is 0.0289. The van der Waals surface area contributed by atoms with Crippen LogP contribution in [-0.2, 0) is 14.3 Å². The van der Waals surface area contributed by atoms with Crippen molar-refractivity contribution < 1.29 is 14.3 Å². The van der Waals surface area contributed by atoms with Gasteiger partial charge in [0.1, 0.15) is 5.54 Å². The predicted octanol–water partition coefficient (Wildman–Crippen LogP) is 1.22. The number of carbonyl (C=O) groups excluding carboxylic acids is 2. The van der Waals surface area contributed by atoms with Gasteiger partial charge in [0.25, 0.3) is 0 Å². The largest absolute Gasteiger partial charge is 0.468 e. The molecule has 0 aromatic carbocycles. The van der Waals surface area contributed by atoms with E-state index in [9.17, 15) is 9.59 Å². The van der Waals surface area contributed by atoms with Crippen molar-refractivity contribution in [2.24, 2.45) is 11.8 Å². The number of hydrogen-bond donors (Lipinski definition) is 2. The zero-order chi connectivity index (χ0) is 14.6. The lowest BCUT2D eigenvalue weighted by molar-refractivity contribution is -0.150. The van der Waals surface area contributed by atoms with Gasteiger partial charge in [-0.3, -0.25) is 14.9 Å². The standard InChI is InChI=1S/C15H26N2O3/c1-11-5-7-15(8-6-11,14(19)20-2)17-10-13(18)16-9-12-3-4-12/h11-12,17H,3-10H2,1-2H3,(H,16,18). The van der Waals surface area contributed by atoms with Crippen molar-refractivity contribution in [3.8, 4) is 0 Å². The van der Waals surface area contributed by atoms with E-state index in [0.717, 1.165) is 32.2 Å². The van der Waals surface area contributed by atoms with Crippen molar-refractivity contribution in [1.29, 1.82) is 0 Å². The number of methoxy groups -OCH3 is 1. The van der Waals surface area contributed by atoms with E-state index in [4.69, 9.17) is 4.74 Å². The molecule has 2 fully saturated rings. The van der Waals surface area contributed by atoms with Crippen LogP contribution >= 0.6 is 0 Å². The van der Waals surface area contributed by atoms with Gasteiger partial charge in [-0.25, -0.2) is 0 Å². The Morgan fingerprint density at radius 3 is 2.40 bits per heavy atom. The molecular formula is C15H26N2O3. The second kappa shape index (κ2) is 6.57. The van der Waals surface area contributed by atoms with Crippen LogP contribution in [0.1, 0.15) is 45.4 Å². The molecule has 0 aromatic rings. The number of nitrogens with one attached hydrogen (secondary N) is 2. The van der Waals surface area contributed by atoms with Gasteiger partial charge in [0.2, 0.25) is 5.91 Å². The van der Waals surface area contributed by atoms with E-state index < -0.39 is 5.54 Å². The number of esters is 1. The molecule has 20 heavy (non-hydrogen) atoms. The Labute approximate surface area is 120 Å². The molecule has 0 atom stereocenters. The van der Waals surface area contributed by atoms with E-state index in [-0.39, 0.29) is 18.4 Å². The van der Waals surface area contributed by atoms with Crippen LogP contribution in [0, 0.1) is 11.8 Å².